The van der Waals surface area contributed by atoms with Gasteiger partial charge in [0.15, 0.2) is 0 Å². The van der Waals surface area contributed by atoms with Crippen LogP contribution in [0.2, 0.25) is 0 Å². The monoisotopic (exact) mass is 250 g/mol. The summed E-state index contributed by atoms with van der Waals surface area (Å²) in [6.45, 7) is 6.25. The first kappa shape index (κ1) is 13.4. The van der Waals surface area contributed by atoms with Crippen molar-refractivity contribution in [1.29, 1.82) is 0 Å². The molecule has 0 aromatic carbocycles. The molecule has 18 heavy (non-hydrogen) atoms. The molecule has 3 nitrogen and oxygen atoms in total. The number of piperidine rings is 1. The maximum atomic E-state index is 12.0. The zero-order chi connectivity index (χ0) is 13.0. The van der Waals surface area contributed by atoms with Crippen LogP contribution in [0.5, 0.6) is 0 Å². The van der Waals surface area contributed by atoms with Crippen molar-refractivity contribution in [2.45, 2.75) is 46.0 Å². The number of likely N-dealkylation sites (tertiary alicyclic amines) is 1. The van der Waals surface area contributed by atoms with E-state index in [0.29, 0.717) is 17.8 Å². The second kappa shape index (κ2) is 6.26. The van der Waals surface area contributed by atoms with Gasteiger partial charge in [-0.05, 0) is 37.0 Å². The predicted molar refractivity (Wildman–Crippen MR) is 74.1 cm³/mol. The van der Waals surface area contributed by atoms with Gasteiger partial charge in [0.05, 0.1) is 0 Å². The van der Waals surface area contributed by atoms with Gasteiger partial charge in [-0.3, -0.25) is 0 Å². The van der Waals surface area contributed by atoms with Crippen LogP contribution in [-0.4, -0.2) is 24.0 Å². The van der Waals surface area contributed by atoms with Crippen molar-refractivity contribution >= 4 is 6.03 Å². The van der Waals surface area contributed by atoms with Crippen molar-refractivity contribution in [3.8, 4) is 0 Å². The summed E-state index contributed by atoms with van der Waals surface area (Å²) in [5, 5.41) is 2.93. The summed E-state index contributed by atoms with van der Waals surface area (Å²) in [4.78, 5) is 14.0. The number of hydrogen-bond acceptors (Lipinski definition) is 1. The number of amides is 2. The van der Waals surface area contributed by atoms with Crippen LogP contribution in [-0.2, 0) is 0 Å². The van der Waals surface area contributed by atoms with Crippen LogP contribution >= 0.6 is 0 Å². The summed E-state index contributed by atoms with van der Waals surface area (Å²) >= 11 is 0. The smallest absolute Gasteiger partial charge is 0.321 e. The lowest BCUT2D eigenvalue weighted by atomic mass is 9.92. The van der Waals surface area contributed by atoms with E-state index in [2.05, 4.69) is 25.2 Å². The highest BCUT2D eigenvalue weighted by molar-refractivity contribution is 5.75. The first-order valence-corrected chi connectivity index (χ1v) is 7.37. The lowest BCUT2D eigenvalue weighted by Gasteiger charge is -2.34. The minimum Gasteiger partial charge on any atom is -0.324 e. The average Bonchev–Trinajstić information content (AvgIpc) is 2.80. The van der Waals surface area contributed by atoms with E-state index in [1.807, 2.05) is 11.1 Å². The van der Waals surface area contributed by atoms with E-state index in [-0.39, 0.29) is 6.03 Å². The second-order valence-corrected chi connectivity index (χ2v) is 6.20. The number of rotatable bonds is 2. The molecule has 2 rings (SSSR count). The molecule has 0 bridgehead atoms. The molecule has 102 valence electrons. The number of allylic oxidation sites excluding steroid dienone is 1. The van der Waals surface area contributed by atoms with Crippen molar-refractivity contribution in [2.75, 3.05) is 13.1 Å². The van der Waals surface area contributed by atoms with Crippen LogP contribution in [0, 0.1) is 17.8 Å². The number of carbonyl (C=O) groups excluding carboxylic acids is 1. The number of nitrogens with one attached hydrogen (secondary N) is 1. The molecule has 2 aliphatic rings. The predicted octanol–water partition coefficient (Wildman–Crippen LogP) is 3.38. The Morgan fingerprint density at radius 1 is 1.17 bits per heavy atom. The van der Waals surface area contributed by atoms with E-state index in [0.717, 1.165) is 13.1 Å². The largest absolute Gasteiger partial charge is 0.324 e. The third kappa shape index (κ3) is 3.76. The lowest BCUT2D eigenvalue weighted by Crippen LogP contribution is -2.46. The minimum absolute atomic E-state index is 0.0719. The number of nitrogens with zero attached hydrogens (tertiary/aromatic N) is 1. The Labute approximate surface area is 111 Å². The quantitative estimate of drug-likeness (QED) is 0.800. The molecule has 0 aromatic heterocycles. The Morgan fingerprint density at radius 3 is 2.39 bits per heavy atom. The Kier molecular flexibility index (Phi) is 4.67. The number of hydrogen-bond donors (Lipinski definition) is 1. The van der Waals surface area contributed by atoms with Gasteiger partial charge in [-0.1, -0.05) is 32.8 Å². The number of carbonyl (C=O) groups is 1. The highest BCUT2D eigenvalue weighted by atomic mass is 16.2. The van der Waals surface area contributed by atoms with Crippen molar-refractivity contribution in [2.24, 2.45) is 17.8 Å². The van der Waals surface area contributed by atoms with E-state index in [1.54, 1.807) is 0 Å². The SMILES string of the molecule is CC1CC(C)CN(C(=O)N/C=C/C2CCCC2)C1. The molecule has 0 aromatic rings. The molecule has 0 spiro atoms. The van der Waals surface area contributed by atoms with E-state index in [1.165, 1.54) is 32.1 Å². The van der Waals surface area contributed by atoms with Crippen molar-refractivity contribution < 1.29 is 4.79 Å². The number of urea groups is 1. The van der Waals surface area contributed by atoms with Crippen LogP contribution in [0.25, 0.3) is 0 Å². The van der Waals surface area contributed by atoms with Gasteiger partial charge < -0.3 is 10.2 Å². The first-order valence-electron chi connectivity index (χ1n) is 7.37. The summed E-state index contributed by atoms with van der Waals surface area (Å²) in [7, 11) is 0. The molecular weight excluding hydrogens is 224 g/mol. The molecule has 2 amide bonds. The molecule has 3 heteroatoms. The fraction of sp³-hybridized carbons (Fsp3) is 0.800. The lowest BCUT2D eigenvalue weighted by molar-refractivity contribution is 0.149. The molecule has 2 unspecified atom stereocenters. The Hall–Kier alpha value is -0.990. The zero-order valence-electron chi connectivity index (χ0n) is 11.7. The summed E-state index contributed by atoms with van der Waals surface area (Å²) < 4.78 is 0. The van der Waals surface area contributed by atoms with Gasteiger partial charge >= 0.3 is 6.03 Å². The summed E-state index contributed by atoms with van der Waals surface area (Å²) in [5.74, 6) is 1.93. The maximum absolute atomic E-state index is 12.0. The van der Waals surface area contributed by atoms with Gasteiger partial charge in [0, 0.05) is 19.3 Å². The van der Waals surface area contributed by atoms with Gasteiger partial charge in [0.2, 0.25) is 0 Å². The van der Waals surface area contributed by atoms with Gasteiger partial charge in [-0.2, -0.15) is 0 Å². The fourth-order valence-corrected chi connectivity index (χ4v) is 3.33. The van der Waals surface area contributed by atoms with Gasteiger partial charge in [0.25, 0.3) is 0 Å². The van der Waals surface area contributed by atoms with E-state index >= 15 is 0 Å². The second-order valence-electron chi connectivity index (χ2n) is 6.20. The van der Waals surface area contributed by atoms with Crippen LogP contribution in [0.15, 0.2) is 12.3 Å². The van der Waals surface area contributed by atoms with E-state index in [9.17, 15) is 4.79 Å². The highest BCUT2D eigenvalue weighted by Crippen LogP contribution is 2.25. The zero-order valence-corrected chi connectivity index (χ0v) is 11.7. The maximum Gasteiger partial charge on any atom is 0.321 e. The molecule has 0 radical (unpaired) electrons. The molecule has 1 aliphatic heterocycles. The van der Waals surface area contributed by atoms with Crippen LogP contribution in [0.1, 0.15) is 46.0 Å². The summed E-state index contributed by atoms with van der Waals surface area (Å²) in [6.07, 6.45) is 10.5. The van der Waals surface area contributed by atoms with Crippen molar-refractivity contribution in [3.63, 3.8) is 0 Å². The third-order valence-corrected chi connectivity index (χ3v) is 4.13. The molecule has 1 aliphatic carbocycles. The minimum atomic E-state index is 0.0719. The van der Waals surface area contributed by atoms with E-state index < -0.39 is 0 Å². The van der Waals surface area contributed by atoms with Crippen LogP contribution in [0.4, 0.5) is 4.79 Å². The summed E-state index contributed by atoms with van der Waals surface area (Å²) in [5.41, 5.74) is 0. The van der Waals surface area contributed by atoms with Gasteiger partial charge in [-0.25, -0.2) is 4.79 Å². The van der Waals surface area contributed by atoms with Crippen LogP contribution < -0.4 is 5.32 Å². The van der Waals surface area contributed by atoms with Crippen molar-refractivity contribution in [1.82, 2.24) is 10.2 Å². The van der Waals surface area contributed by atoms with E-state index in [4.69, 9.17) is 0 Å². The normalized spacial score (nSPS) is 30.0. The third-order valence-electron chi connectivity index (χ3n) is 4.13. The van der Waals surface area contributed by atoms with Gasteiger partial charge in [-0.15, -0.1) is 0 Å². The van der Waals surface area contributed by atoms with Gasteiger partial charge in [0.1, 0.15) is 0 Å². The Morgan fingerprint density at radius 2 is 1.78 bits per heavy atom. The molecule has 2 fully saturated rings. The Balaban J connectivity index is 1.76. The molecule has 1 N–H and O–H groups in total. The first-order chi connectivity index (χ1) is 8.65. The summed E-state index contributed by atoms with van der Waals surface area (Å²) in [6, 6.07) is 0.0719. The average molecular weight is 250 g/mol. The standard InChI is InChI=1S/C15H26N2O/c1-12-9-13(2)11-17(10-12)15(18)16-8-7-14-5-3-4-6-14/h7-8,12-14H,3-6,9-11H2,1-2H3,(H,16,18)/b8-7+. The Bertz CT molecular complexity index is 298. The topological polar surface area (TPSA) is 32.3 Å². The highest BCUT2D eigenvalue weighted by Gasteiger charge is 2.24. The molecule has 1 saturated heterocycles. The molecular formula is C15H26N2O. The fourth-order valence-electron chi connectivity index (χ4n) is 3.33. The molecule has 1 saturated carbocycles. The van der Waals surface area contributed by atoms with Crippen molar-refractivity contribution in [3.05, 3.63) is 12.3 Å². The van der Waals surface area contributed by atoms with Crippen LogP contribution in [0.3, 0.4) is 0 Å². The molecule has 1 heterocycles. The molecule has 2 atom stereocenters.